The molecule has 0 saturated heterocycles. The summed E-state index contributed by atoms with van der Waals surface area (Å²) < 4.78 is 7.36. The van der Waals surface area contributed by atoms with Gasteiger partial charge in [0.2, 0.25) is 0 Å². The highest BCUT2D eigenvalue weighted by Gasteiger charge is 2.20. The first-order valence-electron chi connectivity index (χ1n) is 18.7. The molecule has 0 fully saturated rings. The van der Waals surface area contributed by atoms with E-state index in [4.69, 9.17) is 4.98 Å². The maximum atomic E-state index is 5.43. The van der Waals surface area contributed by atoms with E-state index in [-0.39, 0.29) is 0 Å². The van der Waals surface area contributed by atoms with Crippen molar-refractivity contribution >= 4 is 85.9 Å². The number of benzene rings is 8. The Hall–Kier alpha value is -7.01. The minimum absolute atomic E-state index is 0.910. The summed E-state index contributed by atoms with van der Waals surface area (Å²) in [5, 5.41) is 9.94. The van der Waals surface area contributed by atoms with Crippen LogP contribution in [0.2, 0.25) is 0 Å². The highest BCUT2D eigenvalue weighted by atomic mass is 32.1. The van der Waals surface area contributed by atoms with E-state index >= 15 is 0 Å². The molecule has 55 heavy (non-hydrogen) atoms. The van der Waals surface area contributed by atoms with E-state index < -0.39 is 0 Å². The number of pyridine rings is 1. The van der Waals surface area contributed by atoms with Crippen LogP contribution >= 0.6 is 11.3 Å². The van der Waals surface area contributed by atoms with Crippen LogP contribution in [-0.2, 0) is 0 Å². The zero-order chi connectivity index (χ0) is 36.0. The van der Waals surface area contributed by atoms with Gasteiger partial charge in [0.15, 0.2) is 0 Å². The highest BCUT2D eigenvalue weighted by molar-refractivity contribution is 7.26. The minimum Gasteiger partial charge on any atom is -0.309 e. The van der Waals surface area contributed by atoms with Crippen LogP contribution in [0.4, 0.5) is 0 Å². The Balaban J connectivity index is 1.09. The molecule has 4 aromatic heterocycles. The van der Waals surface area contributed by atoms with Gasteiger partial charge >= 0.3 is 0 Å². The van der Waals surface area contributed by atoms with Crippen molar-refractivity contribution in [3.63, 3.8) is 0 Å². The molecule has 256 valence electrons. The van der Waals surface area contributed by atoms with Gasteiger partial charge in [-0.15, -0.1) is 11.3 Å². The van der Waals surface area contributed by atoms with E-state index in [1.807, 2.05) is 11.3 Å². The minimum atomic E-state index is 0.910. The molecule has 0 unspecified atom stereocenters. The summed E-state index contributed by atoms with van der Waals surface area (Å²) >= 11 is 1.85. The Morgan fingerprint density at radius 2 is 0.982 bits per heavy atom. The Morgan fingerprint density at radius 3 is 1.82 bits per heavy atom. The van der Waals surface area contributed by atoms with Gasteiger partial charge in [-0.3, -0.25) is 4.57 Å². The summed E-state index contributed by atoms with van der Waals surface area (Å²) in [5.41, 5.74) is 10.4. The second kappa shape index (κ2) is 11.7. The number of hydrogen-bond acceptors (Lipinski definition) is 2. The zero-order valence-corrected chi connectivity index (χ0v) is 30.5. The number of hydrogen-bond donors (Lipinski definition) is 0. The molecule has 0 saturated carbocycles. The van der Waals surface area contributed by atoms with E-state index in [0.717, 1.165) is 33.8 Å². The van der Waals surface area contributed by atoms with Crippen molar-refractivity contribution in [2.24, 2.45) is 0 Å². The van der Waals surface area contributed by atoms with Crippen molar-refractivity contribution < 1.29 is 0 Å². The summed E-state index contributed by atoms with van der Waals surface area (Å²) in [5.74, 6) is 0.910. The SMILES string of the molecule is c1cc(-c2cccc3ccccc23)cc(-n2c3ccccc3c3cc4c(cc32)c2ccccc2n4-c2cccc(-c3cccc4c3sc3ccccc34)n2)c1. The number of thiophene rings is 1. The zero-order valence-electron chi connectivity index (χ0n) is 29.6. The largest absolute Gasteiger partial charge is 0.309 e. The van der Waals surface area contributed by atoms with E-state index in [0.29, 0.717) is 0 Å². The second-order valence-corrected chi connectivity index (χ2v) is 15.4. The molecule has 12 aromatic rings. The predicted molar refractivity (Wildman–Crippen MR) is 234 cm³/mol. The van der Waals surface area contributed by atoms with E-state index in [1.165, 1.54) is 74.6 Å². The van der Waals surface area contributed by atoms with Crippen LogP contribution in [0, 0.1) is 0 Å². The lowest BCUT2D eigenvalue weighted by Gasteiger charge is -2.12. The Morgan fingerprint density at radius 1 is 0.382 bits per heavy atom. The normalized spacial score (nSPS) is 12.0. The van der Waals surface area contributed by atoms with Crippen molar-refractivity contribution in [1.82, 2.24) is 14.1 Å². The maximum Gasteiger partial charge on any atom is 0.138 e. The number of para-hydroxylation sites is 2. The van der Waals surface area contributed by atoms with Crippen LogP contribution in [0.1, 0.15) is 0 Å². The Kier molecular flexibility index (Phi) is 6.50. The first-order chi connectivity index (χ1) is 27.3. The number of aromatic nitrogens is 3. The van der Waals surface area contributed by atoms with Crippen LogP contribution in [0.25, 0.3) is 108 Å². The van der Waals surface area contributed by atoms with Gasteiger partial charge in [0, 0.05) is 53.0 Å². The van der Waals surface area contributed by atoms with E-state index in [9.17, 15) is 0 Å². The fourth-order valence-corrected chi connectivity index (χ4v) is 10.1. The fourth-order valence-electron chi connectivity index (χ4n) is 8.89. The number of nitrogens with zero attached hydrogens (tertiary/aromatic N) is 3. The molecule has 0 spiro atoms. The molecule has 12 rings (SSSR count). The molecular formula is C51H31N3S. The number of fused-ring (bicyclic) bond motifs is 10. The first-order valence-corrected chi connectivity index (χ1v) is 19.5. The molecule has 8 aromatic carbocycles. The van der Waals surface area contributed by atoms with Gasteiger partial charge in [-0.05, 0) is 76.5 Å². The Labute approximate surface area is 320 Å². The molecule has 4 heterocycles. The van der Waals surface area contributed by atoms with Crippen molar-refractivity contribution in [3.05, 3.63) is 188 Å². The van der Waals surface area contributed by atoms with E-state index in [1.54, 1.807) is 0 Å². The monoisotopic (exact) mass is 717 g/mol. The lowest BCUT2D eigenvalue weighted by atomic mass is 9.98. The van der Waals surface area contributed by atoms with Gasteiger partial charge in [0.25, 0.3) is 0 Å². The fraction of sp³-hybridized carbons (Fsp3) is 0. The quantitative estimate of drug-likeness (QED) is 0.178. The van der Waals surface area contributed by atoms with Crippen LogP contribution in [0.3, 0.4) is 0 Å². The van der Waals surface area contributed by atoms with Crippen LogP contribution in [0.5, 0.6) is 0 Å². The average molecular weight is 718 g/mol. The smallest absolute Gasteiger partial charge is 0.138 e. The maximum absolute atomic E-state index is 5.43. The molecule has 4 heteroatoms. The standard InChI is InChI=1S/C51H31N3S/c1-2-17-35-32(13-1)14-10-21-36(35)33-15-9-16-34(29-33)53-45-25-6-3-18-37(45)42-31-48-43(30-47(42)53)38-19-4-7-26-46(38)54(48)50-28-12-24-44(52-50)41-23-11-22-40-39-20-5-8-27-49(39)55-51(40)41/h1-31H. The van der Waals surface area contributed by atoms with Gasteiger partial charge in [-0.1, -0.05) is 133 Å². The molecule has 0 amide bonds. The van der Waals surface area contributed by atoms with Crippen molar-refractivity contribution in [2.75, 3.05) is 0 Å². The van der Waals surface area contributed by atoms with Crippen molar-refractivity contribution in [2.45, 2.75) is 0 Å². The number of rotatable bonds is 4. The van der Waals surface area contributed by atoms with Gasteiger partial charge in [0.1, 0.15) is 5.82 Å². The molecule has 0 bridgehead atoms. The molecular weight excluding hydrogens is 687 g/mol. The molecule has 0 radical (unpaired) electrons. The summed E-state index contributed by atoms with van der Waals surface area (Å²) in [6.45, 7) is 0. The Bertz CT molecular complexity index is 3500. The van der Waals surface area contributed by atoms with Crippen molar-refractivity contribution in [1.29, 1.82) is 0 Å². The van der Waals surface area contributed by atoms with Crippen molar-refractivity contribution in [3.8, 4) is 33.9 Å². The molecule has 0 N–H and O–H groups in total. The van der Waals surface area contributed by atoms with Crippen LogP contribution < -0.4 is 0 Å². The van der Waals surface area contributed by atoms with E-state index in [2.05, 4.69) is 197 Å². The molecule has 0 atom stereocenters. The topological polar surface area (TPSA) is 22.8 Å². The summed E-state index contributed by atoms with van der Waals surface area (Å²) in [6.07, 6.45) is 0. The average Bonchev–Trinajstić information content (AvgIpc) is 3.90. The second-order valence-electron chi connectivity index (χ2n) is 14.3. The molecule has 0 aliphatic heterocycles. The third-order valence-corrected chi connectivity index (χ3v) is 12.5. The summed E-state index contributed by atoms with van der Waals surface area (Å²) in [6, 6.07) is 68.3. The van der Waals surface area contributed by atoms with Crippen LogP contribution in [-0.4, -0.2) is 14.1 Å². The summed E-state index contributed by atoms with van der Waals surface area (Å²) in [4.78, 5) is 5.43. The van der Waals surface area contributed by atoms with Gasteiger partial charge < -0.3 is 4.57 Å². The predicted octanol–water partition coefficient (Wildman–Crippen LogP) is 14.1. The third-order valence-electron chi connectivity index (χ3n) is 11.3. The van der Waals surface area contributed by atoms with Gasteiger partial charge in [-0.2, -0.15) is 0 Å². The molecule has 3 nitrogen and oxygen atoms in total. The van der Waals surface area contributed by atoms with Gasteiger partial charge in [0.05, 0.1) is 27.8 Å². The third kappa shape index (κ3) is 4.52. The lowest BCUT2D eigenvalue weighted by Crippen LogP contribution is -1.98. The summed E-state index contributed by atoms with van der Waals surface area (Å²) in [7, 11) is 0. The van der Waals surface area contributed by atoms with Gasteiger partial charge in [-0.25, -0.2) is 4.98 Å². The highest BCUT2D eigenvalue weighted by Crippen LogP contribution is 2.42. The molecule has 0 aliphatic rings. The molecule has 0 aliphatic carbocycles. The first kappa shape index (κ1) is 30.5. The lowest BCUT2D eigenvalue weighted by molar-refractivity contribution is 1.08. The van der Waals surface area contributed by atoms with Crippen LogP contribution in [0.15, 0.2) is 188 Å².